The van der Waals surface area contributed by atoms with Gasteiger partial charge < -0.3 is 15.0 Å². The minimum atomic E-state index is 0.297. The number of nitrogens with zero attached hydrogens (tertiary/aromatic N) is 3. The predicted octanol–water partition coefficient (Wildman–Crippen LogP) is 2.25. The number of halogens is 1. The Balaban J connectivity index is 2.80. The van der Waals surface area contributed by atoms with Gasteiger partial charge in [-0.05, 0) is 35.9 Å². The van der Waals surface area contributed by atoms with Crippen LogP contribution in [0.3, 0.4) is 0 Å². The molecule has 0 aromatic carbocycles. The van der Waals surface area contributed by atoms with Gasteiger partial charge in [0.2, 0.25) is 11.8 Å². The minimum absolute atomic E-state index is 0.297. The Morgan fingerprint density at radius 3 is 2.61 bits per heavy atom. The third-order valence-electron chi connectivity index (χ3n) is 2.59. The van der Waals surface area contributed by atoms with Crippen molar-refractivity contribution < 1.29 is 4.74 Å². The Morgan fingerprint density at radius 2 is 2.11 bits per heavy atom. The smallest absolute Gasteiger partial charge is 0.232 e. The summed E-state index contributed by atoms with van der Waals surface area (Å²) in [7, 11) is 5.71. The SMILES string of the molecule is COc1nc(NC(CN(C)C)C(C)C)ncc1Br. The van der Waals surface area contributed by atoms with Crippen LogP contribution in [-0.4, -0.2) is 48.7 Å². The van der Waals surface area contributed by atoms with Gasteiger partial charge in [-0.3, -0.25) is 0 Å². The maximum Gasteiger partial charge on any atom is 0.232 e. The van der Waals surface area contributed by atoms with Crippen molar-refractivity contribution in [2.75, 3.05) is 33.1 Å². The quantitative estimate of drug-likeness (QED) is 0.872. The molecule has 1 atom stereocenters. The number of anilines is 1. The molecule has 0 saturated carbocycles. The van der Waals surface area contributed by atoms with Crippen LogP contribution in [0.15, 0.2) is 10.7 Å². The minimum Gasteiger partial charge on any atom is -0.480 e. The summed E-state index contributed by atoms with van der Waals surface area (Å²) < 4.78 is 5.91. The summed E-state index contributed by atoms with van der Waals surface area (Å²) in [6, 6.07) is 0.297. The van der Waals surface area contributed by atoms with E-state index >= 15 is 0 Å². The Hall–Kier alpha value is -0.880. The van der Waals surface area contributed by atoms with Gasteiger partial charge in [0.1, 0.15) is 0 Å². The molecule has 0 radical (unpaired) electrons. The van der Waals surface area contributed by atoms with Gasteiger partial charge in [0.15, 0.2) is 0 Å². The maximum atomic E-state index is 5.16. The fourth-order valence-corrected chi connectivity index (χ4v) is 1.90. The van der Waals surface area contributed by atoms with Crippen molar-refractivity contribution in [3.63, 3.8) is 0 Å². The van der Waals surface area contributed by atoms with E-state index in [-0.39, 0.29) is 0 Å². The molecule has 1 aromatic heterocycles. The van der Waals surface area contributed by atoms with Crippen LogP contribution in [0.1, 0.15) is 13.8 Å². The van der Waals surface area contributed by atoms with Crippen molar-refractivity contribution in [3.05, 3.63) is 10.7 Å². The molecule has 1 unspecified atom stereocenters. The van der Waals surface area contributed by atoms with Crippen molar-refractivity contribution in [1.29, 1.82) is 0 Å². The highest BCUT2D eigenvalue weighted by molar-refractivity contribution is 9.10. The molecule has 0 aliphatic rings. The Morgan fingerprint density at radius 1 is 1.44 bits per heavy atom. The van der Waals surface area contributed by atoms with E-state index < -0.39 is 0 Å². The standard InChI is InChI=1S/C12H21BrN4O/c1-8(2)10(7-17(3)4)15-12-14-6-9(13)11(16-12)18-5/h6,8,10H,7H2,1-5H3,(H,14,15,16). The van der Waals surface area contributed by atoms with Crippen molar-refractivity contribution in [3.8, 4) is 5.88 Å². The molecule has 0 spiro atoms. The van der Waals surface area contributed by atoms with Crippen LogP contribution in [0, 0.1) is 5.92 Å². The van der Waals surface area contributed by atoms with Crippen molar-refractivity contribution in [2.45, 2.75) is 19.9 Å². The molecule has 18 heavy (non-hydrogen) atoms. The number of rotatable bonds is 6. The average Bonchev–Trinajstić information content (AvgIpc) is 2.29. The van der Waals surface area contributed by atoms with E-state index in [0.717, 1.165) is 11.0 Å². The van der Waals surface area contributed by atoms with Crippen molar-refractivity contribution >= 4 is 21.9 Å². The topological polar surface area (TPSA) is 50.3 Å². The first-order valence-electron chi connectivity index (χ1n) is 5.91. The second-order valence-corrected chi connectivity index (χ2v) is 5.66. The first-order valence-corrected chi connectivity index (χ1v) is 6.71. The fourth-order valence-electron chi connectivity index (χ4n) is 1.55. The molecule has 0 bridgehead atoms. The van der Waals surface area contributed by atoms with E-state index in [1.165, 1.54) is 0 Å². The highest BCUT2D eigenvalue weighted by Crippen LogP contribution is 2.22. The maximum absolute atomic E-state index is 5.16. The van der Waals surface area contributed by atoms with Gasteiger partial charge in [-0.15, -0.1) is 0 Å². The summed E-state index contributed by atoms with van der Waals surface area (Å²) in [4.78, 5) is 10.7. The zero-order chi connectivity index (χ0) is 13.7. The van der Waals surface area contributed by atoms with Gasteiger partial charge in [-0.1, -0.05) is 13.8 Å². The summed E-state index contributed by atoms with van der Waals surface area (Å²) in [6.45, 7) is 5.29. The molecule has 102 valence electrons. The van der Waals surface area contributed by atoms with Crippen LogP contribution in [0.5, 0.6) is 5.88 Å². The Kier molecular flexibility index (Phi) is 5.81. The lowest BCUT2D eigenvalue weighted by atomic mass is 10.0. The van der Waals surface area contributed by atoms with E-state index in [1.807, 2.05) is 0 Å². The summed E-state index contributed by atoms with van der Waals surface area (Å²) >= 11 is 3.34. The third-order valence-corrected chi connectivity index (χ3v) is 3.13. The zero-order valence-electron chi connectivity index (χ0n) is 11.6. The largest absolute Gasteiger partial charge is 0.480 e. The molecule has 5 nitrogen and oxygen atoms in total. The molecular formula is C12H21BrN4O. The van der Waals surface area contributed by atoms with E-state index in [1.54, 1.807) is 13.3 Å². The lowest BCUT2D eigenvalue weighted by Gasteiger charge is -2.25. The normalized spacial score (nSPS) is 12.9. The second-order valence-electron chi connectivity index (χ2n) is 4.81. The summed E-state index contributed by atoms with van der Waals surface area (Å²) in [5, 5.41) is 3.35. The number of likely N-dealkylation sites (N-methyl/N-ethyl adjacent to an activating group) is 1. The lowest BCUT2D eigenvalue weighted by Crippen LogP contribution is -2.37. The molecule has 1 N–H and O–H groups in total. The Bertz CT molecular complexity index is 384. The fraction of sp³-hybridized carbons (Fsp3) is 0.667. The molecule has 0 saturated heterocycles. The van der Waals surface area contributed by atoms with E-state index in [2.05, 4.69) is 64.1 Å². The van der Waals surface area contributed by atoms with Crippen molar-refractivity contribution in [1.82, 2.24) is 14.9 Å². The highest BCUT2D eigenvalue weighted by atomic mass is 79.9. The molecule has 1 rings (SSSR count). The van der Waals surface area contributed by atoms with E-state index in [4.69, 9.17) is 4.74 Å². The number of hydrogen-bond donors (Lipinski definition) is 1. The summed E-state index contributed by atoms with van der Waals surface area (Å²) in [5.41, 5.74) is 0. The first kappa shape index (κ1) is 15.2. The van der Waals surface area contributed by atoms with Crippen LogP contribution in [-0.2, 0) is 0 Å². The highest BCUT2D eigenvalue weighted by Gasteiger charge is 2.16. The summed E-state index contributed by atoms with van der Waals surface area (Å²) in [6.07, 6.45) is 1.70. The molecule has 0 fully saturated rings. The lowest BCUT2D eigenvalue weighted by molar-refractivity contribution is 0.343. The molecule has 6 heteroatoms. The first-order chi connectivity index (χ1) is 8.43. The van der Waals surface area contributed by atoms with Gasteiger partial charge in [0.05, 0.1) is 17.8 Å². The molecule has 0 amide bonds. The Labute approximate surface area is 117 Å². The van der Waals surface area contributed by atoms with Crippen LogP contribution in [0.2, 0.25) is 0 Å². The van der Waals surface area contributed by atoms with Crippen LogP contribution < -0.4 is 10.1 Å². The zero-order valence-corrected chi connectivity index (χ0v) is 13.2. The molecule has 0 aliphatic carbocycles. The number of hydrogen-bond acceptors (Lipinski definition) is 5. The van der Waals surface area contributed by atoms with E-state index in [0.29, 0.717) is 23.8 Å². The van der Waals surface area contributed by atoms with Gasteiger partial charge in [-0.2, -0.15) is 4.98 Å². The van der Waals surface area contributed by atoms with Gasteiger partial charge in [0.25, 0.3) is 0 Å². The average molecular weight is 317 g/mol. The van der Waals surface area contributed by atoms with Crippen LogP contribution in [0.25, 0.3) is 0 Å². The van der Waals surface area contributed by atoms with Crippen LogP contribution in [0.4, 0.5) is 5.95 Å². The third kappa shape index (κ3) is 4.42. The number of ether oxygens (including phenoxy) is 1. The van der Waals surface area contributed by atoms with Crippen molar-refractivity contribution in [2.24, 2.45) is 5.92 Å². The summed E-state index contributed by atoms with van der Waals surface area (Å²) in [5.74, 6) is 1.63. The molecular weight excluding hydrogens is 296 g/mol. The number of methoxy groups -OCH3 is 1. The molecule has 0 aliphatic heterocycles. The van der Waals surface area contributed by atoms with Gasteiger partial charge in [0, 0.05) is 12.6 Å². The van der Waals surface area contributed by atoms with Gasteiger partial charge in [-0.25, -0.2) is 4.98 Å². The predicted molar refractivity (Wildman–Crippen MR) is 77.1 cm³/mol. The monoisotopic (exact) mass is 316 g/mol. The molecule has 1 aromatic rings. The number of nitrogens with one attached hydrogen (secondary N) is 1. The molecule has 1 heterocycles. The van der Waals surface area contributed by atoms with Crippen LogP contribution >= 0.6 is 15.9 Å². The second kappa shape index (κ2) is 6.89. The van der Waals surface area contributed by atoms with E-state index in [9.17, 15) is 0 Å². The van der Waals surface area contributed by atoms with Gasteiger partial charge >= 0.3 is 0 Å². The number of aromatic nitrogens is 2.